The molecule has 0 aliphatic rings. The fourth-order valence-corrected chi connectivity index (χ4v) is 4.65. The Bertz CT molecular complexity index is 1290. The summed E-state index contributed by atoms with van der Waals surface area (Å²) in [6.45, 7) is 6.42. The van der Waals surface area contributed by atoms with E-state index in [1.165, 1.54) is 5.56 Å². The molecule has 0 saturated carbocycles. The Labute approximate surface area is 202 Å². The highest BCUT2D eigenvalue weighted by molar-refractivity contribution is 7.84. The van der Waals surface area contributed by atoms with E-state index in [2.05, 4.69) is 29.4 Å². The minimum atomic E-state index is -1.20. The number of rotatable bonds is 8. The predicted molar refractivity (Wildman–Crippen MR) is 135 cm³/mol. The minimum absolute atomic E-state index is 0.135. The van der Waals surface area contributed by atoms with E-state index in [4.69, 9.17) is 4.42 Å². The minimum Gasteiger partial charge on any atom is -0.441 e. The molecule has 0 unspecified atom stereocenters. The zero-order valence-electron chi connectivity index (χ0n) is 19.6. The van der Waals surface area contributed by atoms with Gasteiger partial charge in [-0.1, -0.05) is 48.9 Å². The largest absolute Gasteiger partial charge is 0.441 e. The van der Waals surface area contributed by atoms with E-state index in [0.717, 1.165) is 28.0 Å². The van der Waals surface area contributed by atoms with Gasteiger partial charge in [-0.2, -0.15) is 0 Å². The van der Waals surface area contributed by atoms with Crippen LogP contribution in [0.15, 0.2) is 82.1 Å². The number of carbonyl (C=O) groups excluding carboxylic acids is 1. The van der Waals surface area contributed by atoms with Gasteiger partial charge < -0.3 is 9.73 Å². The van der Waals surface area contributed by atoms with Gasteiger partial charge in [0.15, 0.2) is 0 Å². The summed E-state index contributed by atoms with van der Waals surface area (Å²) in [5.41, 5.74) is 5.47. The number of benzene rings is 3. The molecule has 34 heavy (non-hydrogen) atoms. The van der Waals surface area contributed by atoms with Gasteiger partial charge in [-0.25, -0.2) is 4.98 Å². The van der Waals surface area contributed by atoms with Crippen LogP contribution in [0.3, 0.4) is 0 Å². The van der Waals surface area contributed by atoms with Crippen molar-refractivity contribution >= 4 is 16.7 Å². The van der Waals surface area contributed by atoms with E-state index in [0.29, 0.717) is 29.5 Å². The third-order valence-electron chi connectivity index (χ3n) is 5.72. The Morgan fingerprint density at radius 1 is 0.912 bits per heavy atom. The molecule has 0 bridgehead atoms. The van der Waals surface area contributed by atoms with Crippen LogP contribution in [0.2, 0.25) is 0 Å². The molecule has 0 fully saturated rings. The summed E-state index contributed by atoms with van der Waals surface area (Å²) in [5.74, 6) is 1.25. The lowest BCUT2D eigenvalue weighted by molar-refractivity contribution is 0.0951. The summed E-state index contributed by atoms with van der Waals surface area (Å²) in [6.07, 6.45) is 0.995. The maximum absolute atomic E-state index is 12.7. The summed E-state index contributed by atoms with van der Waals surface area (Å²) < 4.78 is 18.6. The van der Waals surface area contributed by atoms with Crippen LogP contribution in [0.25, 0.3) is 11.5 Å². The number of amides is 1. The van der Waals surface area contributed by atoms with Gasteiger partial charge in [-0.3, -0.25) is 9.00 Å². The van der Waals surface area contributed by atoms with Crippen LogP contribution >= 0.6 is 0 Å². The molecule has 174 valence electrons. The van der Waals surface area contributed by atoms with Crippen LogP contribution in [0.4, 0.5) is 0 Å². The Hall–Kier alpha value is -3.51. The Balaban J connectivity index is 1.39. The van der Waals surface area contributed by atoms with Gasteiger partial charge in [0.1, 0.15) is 5.76 Å². The Kier molecular flexibility index (Phi) is 7.38. The topological polar surface area (TPSA) is 72.2 Å². The molecule has 0 aliphatic carbocycles. The predicted octanol–water partition coefficient (Wildman–Crippen LogP) is 5.76. The lowest BCUT2D eigenvalue weighted by Crippen LogP contribution is -2.22. The lowest BCUT2D eigenvalue weighted by Gasteiger charge is -2.07. The smallest absolute Gasteiger partial charge is 0.251 e. The summed E-state index contributed by atoms with van der Waals surface area (Å²) in [4.78, 5) is 17.9. The second kappa shape index (κ2) is 10.6. The SMILES string of the molecule is CCc1ccc(CNC(=O)c2ccc(-c3nc(C[S@@](=O)c4ccc(C)cc4)c(C)o3)cc2)cc1. The van der Waals surface area contributed by atoms with Gasteiger partial charge in [0.2, 0.25) is 5.89 Å². The van der Waals surface area contributed by atoms with Crippen LogP contribution < -0.4 is 5.32 Å². The molecular formula is C28H28N2O3S. The fourth-order valence-electron chi connectivity index (χ4n) is 3.52. The van der Waals surface area contributed by atoms with Gasteiger partial charge in [-0.05, 0) is 67.8 Å². The van der Waals surface area contributed by atoms with E-state index in [-0.39, 0.29) is 11.7 Å². The second-order valence-corrected chi connectivity index (χ2v) is 9.71. The Morgan fingerprint density at radius 3 is 2.21 bits per heavy atom. The van der Waals surface area contributed by atoms with Gasteiger partial charge >= 0.3 is 0 Å². The molecule has 1 atom stereocenters. The van der Waals surface area contributed by atoms with Crippen LogP contribution in [-0.2, 0) is 29.5 Å². The third-order valence-corrected chi connectivity index (χ3v) is 7.06. The number of oxazole rings is 1. The summed E-state index contributed by atoms with van der Waals surface area (Å²) in [5, 5.41) is 2.95. The quantitative estimate of drug-likeness (QED) is 0.354. The van der Waals surface area contributed by atoms with Crippen molar-refractivity contribution in [2.75, 3.05) is 0 Å². The molecule has 6 heteroatoms. The summed E-state index contributed by atoms with van der Waals surface area (Å²) in [6, 6.07) is 23.1. The van der Waals surface area contributed by atoms with E-state index >= 15 is 0 Å². The van der Waals surface area contributed by atoms with Crippen LogP contribution in [0, 0.1) is 13.8 Å². The first-order valence-electron chi connectivity index (χ1n) is 11.3. The maximum atomic E-state index is 12.7. The summed E-state index contributed by atoms with van der Waals surface area (Å²) in [7, 11) is -1.20. The monoisotopic (exact) mass is 472 g/mol. The molecule has 0 spiro atoms. The van der Waals surface area contributed by atoms with Gasteiger partial charge in [-0.15, -0.1) is 0 Å². The average molecular weight is 473 g/mol. The first-order valence-corrected chi connectivity index (χ1v) is 12.6. The van der Waals surface area contributed by atoms with Crippen molar-refractivity contribution in [1.29, 1.82) is 0 Å². The zero-order chi connectivity index (χ0) is 24.1. The van der Waals surface area contributed by atoms with Crippen molar-refractivity contribution < 1.29 is 13.4 Å². The number of hydrogen-bond donors (Lipinski definition) is 1. The van der Waals surface area contributed by atoms with Gasteiger partial charge in [0.25, 0.3) is 5.91 Å². The van der Waals surface area contributed by atoms with E-state index in [9.17, 15) is 9.00 Å². The van der Waals surface area contributed by atoms with Gasteiger partial charge in [0.05, 0.1) is 22.2 Å². The molecule has 0 radical (unpaired) electrons. The van der Waals surface area contributed by atoms with E-state index in [1.54, 1.807) is 12.1 Å². The molecule has 0 aliphatic heterocycles. The van der Waals surface area contributed by atoms with E-state index < -0.39 is 10.8 Å². The molecule has 1 N–H and O–H groups in total. The second-order valence-electron chi connectivity index (χ2n) is 8.25. The van der Waals surface area contributed by atoms with Crippen LogP contribution in [-0.4, -0.2) is 15.1 Å². The molecule has 1 heterocycles. The maximum Gasteiger partial charge on any atom is 0.251 e. The molecule has 5 nitrogen and oxygen atoms in total. The Morgan fingerprint density at radius 2 is 1.56 bits per heavy atom. The van der Waals surface area contributed by atoms with Crippen molar-refractivity contribution in [2.24, 2.45) is 0 Å². The number of hydrogen-bond acceptors (Lipinski definition) is 4. The summed E-state index contributed by atoms with van der Waals surface area (Å²) >= 11 is 0. The number of nitrogens with one attached hydrogen (secondary N) is 1. The number of aromatic nitrogens is 1. The highest BCUT2D eigenvalue weighted by Gasteiger charge is 2.16. The standard InChI is InChI=1S/C28H28N2O3S/c1-4-21-7-9-22(10-8-21)17-29-27(31)23-11-13-24(14-12-23)28-30-26(20(3)33-28)18-34(32)25-15-5-19(2)6-16-25/h5-16H,4,17-18H2,1-3H3,(H,29,31)/t34-/m1/s1. The molecule has 3 aromatic carbocycles. The molecule has 4 aromatic rings. The van der Waals surface area contributed by atoms with Crippen LogP contribution in [0.1, 0.15) is 45.4 Å². The van der Waals surface area contributed by atoms with Crippen LogP contribution in [0.5, 0.6) is 0 Å². The highest BCUT2D eigenvalue weighted by atomic mass is 32.2. The average Bonchev–Trinajstić information content (AvgIpc) is 3.23. The fraction of sp³-hybridized carbons (Fsp3) is 0.214. The highest BCUT2D eigenvalue weighted by Crippen LogP contribution is 2.24. The number of carbonyl (C=O) groups is 1. The molecule has 0 saturated heterocycles. The zero-order valence-corrected chi connectivity index (χ0v) is 20.4. The molecule has 1 amide bonds. The van der Waals surface area contributed by atoms with Crippen molar-refractivity contribution in [3.8, 4) is 11.5 Å². The normalized spacial score (nSPS) is 11.9. The van der Waals surface area contributed by atoms with Crippen molar-refractivity contribution in [2.45, 2.75) is 44.4 Å². The first-order chi connectivity index (χ1) is 16.4. The number of nitrogens with zero attached hydrogens (tertiary/aromatic N) is 1. The molecule has 4 rings (SSSR count). The molecule has 1 aromatic heterocycles. The lowest BCUT2D eigenvalue weighted by atomic mass is 10.1. The van der Waals surface area contributed by atoms with Crippen molar-refractivity contribution in [3.63, 3.8) is 0 Å². The third kappa shape index (κ3) is 5.69. The van der Waals surface area contributed by atoms with Crippen molar-refractivity contribution in [1.82, 2.24) is 10.3 Å². The number of aryl methyl sites for hydroxylation is 3. The molecular weight excluding hydrogens is 444 g/mol. The van der Waals surface area contributed by atoms with Gasteiger partial charge in [0, 0.05) is 22.6 Å². The first kappa shape index (κ1) is 23.6. The van der Waals surface area contributed by atoms with Crippen molar-refractivity contribution in [3.05, 3.63) is 107 Å². The van der Waals surface area contributed by atoms with E-state index in [1.807, 2.05) is 62.4 Å².